The van der Waals surface area contributed by atoms with Crippen molar-refractivity contribution in [3.05, 3.63) is 23.8 Å². The van der Waals surface area contributed by atoms with Crippen LogP contribution in [0.1, 0.15) is 24.8 Å². The van der Waals surface area contributed by atoms with Gasteiger partial charge >= 0.3 is 0 Å². The van der Waals surface area contributed by atoms with Gasteiger partial charge in [-0.05, 0) is 13.0 Å². The lowest BCUT2D eigenvalue weighted by Gasteiger charge is -2.15. The minimum atomic E-state index is -0.875. The van der Waals surface area contributed by atoms with Crippen molar-refractivity contribution in [2.75, 3.05) is 27.4 Å². The second-order valence-electron chi connectivity index (χ2n) is 4.06. The van der Waals surface area contributed by atoms with E-state index in [1.807, 2.05) is 13.0 Å². The first-order valence-electron chi connectivity index (χ1n) is 6.40. The lowest BCUT2D eigenvalue weighted by atomic mass is 9.93. The third-order valence-electron chi connectivity index (χ3n) is 2.89. The molecule has 0 saturated carbocycles. The Morgan fingerprint density at radius 1 is 1.35 bits per heavy atom. The fourth-order valence-corrected chi connectivity index (χ4v) is 1.92. The lowest BCUT2D eigenvalue weighted by molar-refractivity contribution is -0.120. The van der Waals surface area contributed by atoms with Crippen LogP contribution in [0.4, 0.5) is 0 Å². The van der Waals surface area contributed by atoms with E-state index in [2.05, 4.69) is 0 Å². The van der Waals surface area contributed by atoms with Gasteiger partial charge in [-0.15, -0.1) is 0 Å². The summed E-state index contributed by atoms with van der Waals surface area (Å²) in [5.41, 5.74) is 0.524. The number of hydrogen-bond acceptors (Lipinski definition) is 5. The molecule has 0 saturated heterocycles. The van der Waals surface area contributed by atoms with Crippen molar-refractivity contribution in [3.8, 4) is 17.6 Å². The Hall–Kier alpha value is -2.06. The average molecular weight is 277 g/mol. The van der Waals surface area contributed by atoms with Gasteiger partial charge in [0.15, 0.2) is 17.3 Å². The highest BCUT2D eigenvalue weighted by molar-refractivity contribution is 5.89. The van der Waals surface area contributed by atoms with E-state index in [0.717, 1.165) is 0 Å². The van der Waals surface area contributed by atoms with E-state index >= 15 is 0 Å². The van der Waals surface area contributed by atoms with Crippen LogP contribution in [0.15, 0.2) is 18.2 Å². The first-order chi connectivity index (χ1) is 9.69. The van der Waals surface area contributed by atoms with Crippen molar-refractivity contribution >= 4 is 5.78 Å². The van der Waals surface area contributed by atoms with Crippen molar-refractivity contribution in [2.45, 2.75) is 19.3 Å². The number of nitriles is 1. The highest BCUT2D eigenvalue weighted by Gasteiger charge is 2.25. The lowest BCUT2D eigenvalue weighted by Crippen LogP contribution is -2.14. The summed E-state index contributed by atoms with van der Waals surface area (Å²) in [6.07, 6.45) is 0.201. The molecule has 0 heterocycles. The number of benzene rings is 1. The number of hydrogen-bond donors (Lipinski definition) is 0. The number of methoxy groups -OCH3 is 2. The molecule has 1 unspecified atom stereocenters. The summed E-state index contributed by atoms with van der Waals surface area (Å²) in [6, 6.07) is 7.19. The van der Waals surface area contributed by atoms with Crippen LogP contribution >= 0.6 is 0 Å². The fourth-order valence-electron chi connectivity index (χ4n) is 1.92. The van der Waals surface area contributed by atoms with Gasteiger partial charge in [0.25, 0.3) is 0 Å². The summed E-state index contributed by atoms with van der Waals surface area (Å²) in [5, 5.41) is 9.28. The van der Waals surface area contributed by atoms with Gasteiger partial charge in [0.1, 0.15) is 5.92 Å². The Bertz CT molecular complexity index is 493. The number of ketones is 1. The zero-order valence-corrected chi connectivity index (χ0v) is 12.0. The van der Waals surface area contributed by atoms with Gasteiger partial charge in [0.05, 0.1) is 26.9 Å². The number of carbonyl (C=O) groups is 1. The molecule has 5 heteroatoms. The number of ether oxygens (including phenoxy) is 3. The predicted molar refractivity (Wildman–Crippen MR) is 74.0 cm³/mol. The Morgan fingerprint density at radius 3 is 2.65 bits per heavy atom. The van der Waals surface area contributed by atoms with Crippen molar-refractivity contribution in [3.63, 3.8) is 0 Å². The summed E-state index contributed by atoms with van der Waals surface area (Å²) in [4.78, 5) is 12.1. The third-order valence-corrected chi connectivity index (χ3v) is 2.89. The van der Waals surface area contributed by atoms with Gasteiger partial charge in [0, 0.05) is 18.6 Å². The summed E-state index contributed by atoms with van der Waals surface area (Å²) in [6.45, 7) is 2.73. The van der Waals surface area contributed by atoms with E-state index in [4.69, 9.17) is 14.2 Å². The minimum absolute atomic E-state index is 0.187. The molecular weight excluding hydrogens is 258 g/mol. The summed E-state index contributed by atoms with van der Waals surface area (Å²) in [7, 11) is 3.00. The standard InChI is InChI=1S/C15H19NO4/c1-4-20-9-8-13(17)12(10-16)11-6-5-7-14(18-2)15(11)19-3/h5-7,12H,4,8-9H2,1-3H3. The highest BCUT2D eigenvalue weighted by atomic mass is 16.5. The molecule has 0 amide bonds. The maximum absolute atomic E-state index is 12.1. The summed E-state index contributed by atoms with van der Waals surface area (Å²) >= 11 is 0. The van der Waals surface area contributed by atoms with Gasteiger partial charge < -0.3 is 14.2 Å². The topological polar surface area (TPSA) is 68.6 Å². The number of carbonyl (C=O) groups excluding carboxylic acids is 1. The van der Waals surface area contributed by atoms with Gasteiger partial charge in [-0.25, -0.2) is 0 Å². The van der Waals surface area contributed by atoms with Gasteiger partial charge in [-0.1, -0.05) is 12.1 Å². The number of nitrogens with zero attached hydrogens (tertiary/aromatic N) is 1. The molecular formula is C15H19NO4. The van der Waals surface area contributed by atoms with Crippen molar-refractivity contribution < 1.29 is 19.0 Å². The van der Waals surface area contributed by atoms with Gasteiger partial charge in [-0.3, -0.25) is 4.79 Å². The predicted octanol–water partition coefficient (Wildman–Crippen LogP) is 2.31. The van der Waals surface area contributed by atoms with Crippen LogP contribution in [0, 0.1) is 11.3 Å². The smallest absolute Gasteiger partial charge is 0.165 e. The van der Waals surface area contributed by atoms with E-state index in [1.165, 1.54) is 14.2 Å². The molecule has 0 aliphatic heterocycles. The Kier molecular flexibility index (Phi) is 6.54. The largest absolute Gasteiger partial charge is 0.493 e. The van der Waals surface area contributed by atoms with Gasteiger partial charge in [-0.2, -0.15) is 5.26 Å². The molecule has 1 aromatic rings. The maximum Gasteiger partial charge on any atom is 0.165 e. The first-order valence-corrected chi connectivity index (χ1v) is 6.40. The molecule has 0 spiro atoms. The zero-order chi connectivity index (χ0) is 15.0. The first kappa shape index (κ1) is 16.0. The van der Waals surface area contributed by atoms with Crippen molar-refractivity contribution in [1.82, 2.24) is 0 Å². The molecule has 0 radical (unpaired) electrons. The molecule has 0 aliphatic rings. The SMILES string of the molecule is CCOCCC(=O)C(C#N)c1cccc(OC)c1OC. The Labute approximate surface area is 119 Å². The van der Waals surface area contributed by atoms with Crippen LogP contribution in [-0.4, -0.2) is 33.2 Å². The Balaban J connectivity index is 3.01. The quantitative estimate of drug-likeness (QED) is 0.682. The molecule has 20 heavy (non-hydrogen) atoms. The molecule has 0 fully saturated rings. The van der Waals surface area contributed by atoms with Crippen molar-refractivity contribution in [1.29, 1.82) is 5.26 Å². The van der Waals surface area contributed by atoms with E-state index in [1.54, 1.807) is 18.2 Å². The molecule has 1 rings (SSSR count). The normalized spacial score (nSPS) is 11.5. The maximum atomic E-state index is 12.1. The molecule has 1 atom stereocenters. The van der Waals surface area contributed by atoms with Crippen LogP contribution in [0.3, 0.4) is 0 Å². The van der Waals surface area contributed by atoms with Crippen LogP contribution in [0.25, 0.3) is 0 Å². The molecule has 0 bridgehead atoms. The fraction of sp³-hybridized carbons (Fsp3) is 0.467. The number of Topliss-reactive ketones (excluding diaryl/α,β-unsaturated/α-hetero) is 1. The molecule has 0 N–H and O–H groups in total. The monoisotopic (exact) mass is 277 g/mol. The molecule has 0 aliphatic carbocycles. The minimum Gasteiger partial charge on any atom is -0.493 e. The van der Waals surface area contributed by atoms with E-state index < -0.39 is 5.92 Å². The van der Waals surface area contributed by atoms with Gasteiger partial charge in [0.2, 0.25) is 0 Å². The average Bonchev–Trinajstić information content (AvgIpc) is 2.47. The van der Waals surface area contributed by atoms with Crippen molar-refractivity contribution in [2.24, 2.45) is 0 Å². The summed E-state index contributed by atoms with van der Waals surface area (Å²) in [5.74, 6) is -0.137. The van der Waals surface area contributed by atoms with E-state index in [9.17, 15) is 10.1 Å². The van der Waals surface area contributed by atoms with Crippen LogP contribution in [0.5, 0.6) is 11.5 Å². The number of para-hydroxylation sites is 1. The molecule has 108 valence electrons. The van der Waals surface area contributed by atoms with Crippen LogP contribution in [0.2, 0.25) is 0 Å². The molecule has 5 nitrogen and oxygen atoms in total. The van der Waals surface area contributed by atoms with E-state index in [0.29, 0.717) is 30.3 Å². The highest BCUT2D eigenvalue weighted by Crippen LogP contribution is 2.35. The van der Waals surface area contributed by atoms with Crippen LogP contribution < -0.4 is 9.47 Å². The zero-order valence-electron chi connectivity index (χ0n) is 12.0. The number of rotatable bonds is 8. The Morgan fingerprint density at radius 2 is 2.10 bits per heavy atom. The second kappa shape index (κ2) is 8.18. The van der Waals surface area contributed by atoms with E-state index in [-0.39, 0.29) is 12.2 Å². The molecule has 1 aromatic carbocycles. The second-order valence-corrected chi connectivity index (χ2v) is 4.06. The third kappa shape index (κ3) is 3.72. The molecule has 0 aromatic heterocycles. The van der Waals surface area contributed by atoms with Crippen LogP contribution in [-0.2, 0) is 9.53 Å². The summed E-state index contributed by atoms with van der Waals surface area (Å²) < 4.78 is 15.6.